The van der Waals surface area contributed by atoms with Gasteiger partial charge in [0, 0.05) is 12.8 Å². The summed E-state index contributed by atoms with van der Waals surface area (Å²) in [6.07, 6.45) is 68.6. The number of allylic oxidation sites excluding steroid dienone is 11. The Hall–Kier alpha value is -2.55. The summed E-state index contributed by atoms with van der Waals surface area (Å²) in [5.74, 6) is -0.563. The Morgan fingerprint density at radius 1 is 0.473 bits per heavy atom. The Bertz CT molecular complexity index is 1500. The molecule has 430 valence electrons. The fraction of sp³-hybridized carbons (Fsp3) is 0.781. The standard InChI is InChI=1S/C64H117N2O7P/c1-7-10-13-16-19-22-25-28-30-32-33-35-37-39-42-45-48-51-54-57-64(68)73-62(55-52-49-46-43-40-27-24-21-18-15-12-9-3)61(60-72-74(69,70)71-59-58-66(4,5)6)65-63(67)56-53-50-47-44-41-38-36-34-31-29-26-23-20-17-14-11-8-2/h19-20,22-23,28-31,33,35,52,55,61-62H,7-18,21,24-27,32,34,36-51,53-54,56-60H2,1-6H3,(H-,65,67,69,70)/b22-19-,23-20-,30-28-,31-29-,35-33-,55-52+. The highest BCUT2D eigenvalue weighted by molar-refractivity contribution is 7.45. The minimum absolute atomic E-state index is 0.0285. The first-order valence-electron chi connectivity index (χ1n) is 30.7. The molecule has 3 atom stereocenters. The van der Waals surface area contributed by atoms with Gasteiger partial charge in [-0.15, -0.1) is 0 Å². The third-order valence-corrected chi connectivity index (χ3v) is 14.3. The molecule has 0 aromatic rings. The number of unbranched alkanes of at least 4 members (excludes halogenated alkanes) is 29. The fourth-order valence-corrected chi connectivity index (χ4v) is 9.28. The zero-order chi connectivity index (χ0) is 54.3. The normalized spacial score (nSPS) is 14.2. The number of carbonyl (C=O) groups excluding carboxylic acids is 2. The molecule has 0 heterocycles. The lowest BCUT2D eigenvalue weighted by Crippen LogP contribution is -2.47. The highest BCUT2D eigenvalue weighted by atomic mass is 31.2. The van der Waals surface area contributed by atoms with E-state index in [1.807, 2.05) is 33.3 Å². The van der Waals surface area contributed by atoms with E-state index in [0.717, 1.165) is 96.3 Å². The van der Waals surface area contributed by atoms with E-state index in [-0.39, 0.29) is 24.9 Å². The van der Waals surface area contributed by atoms with Crippen molar-refractivity contribution in [1.29, 1.82) is 0 Å². The lowest BCUT2D eigenvalue weighted by Gasteiger charge is -2.30. The van der Waals surface area contributed by atoms with E-state index in [1.54, 1.807) is 0 Å². The SMILES string of the molecule is CCCCC/C=C\C/C=C\C/C=C\CCCCCCCCC(=O)OC(/C=C/CCCCCCCCCCCC)C(COP(=O)([O-])OCC[N+](C)(C)C)NC(=O)CCCCCCCCC/C=C\C/C=C\CCCCC. The van der Waals surface area contributed by atoms with Crippen LogP contribution in [0.4, 0.5) is 0 Å². The van der Waals surface area contributed by atoms with Crippen molar-refractivity contribution in [3.05, 3.63) is 72.9 Å². The van der Waals surface area contributed by atoms with Crippen LogP contribution in [-0.4, -0.2) is 69.4 Å². The number of ether oxygens (including phenoxy) is 1. The maximum atomic E-state index is 13.5. The van der Waals surface area contributed by atoms with Crippen LogP contribution in [0.25, 0.3) is 0 Å². The summed E-state index contributed by atoms with van der Waals surface area (Å²) in [7, 11) is 1.17. The number of quaternary nitrogens is 1. The number of phosphoric acid groups is 1. The smallest absolute Gasteiger partial charge is 0.306 e. The molecule has 0 aromatic heterocycles. The number of esters is 1. The molecule has 0 radical (unpaired) electrons. The first kappa shape index (κ1) is 71.5. The Balaban J connectivity index is 5.31. The van der Waals surface area contributed by atoms with Crippen molar-refractivity contribution in [2.75, 3.05) is 40.9 Å². The molecular formula is C64H117N2O7P. The number of amides is 1. The van der Waals surface area contributed by atoms with E-state index in [0.29, 0.717) is 23.9 Å². The maximum Gasteiger partial charge on any atom is 0.306 e. The summed E-state index contributed by atoms with van der Waals surface area (Å²) >= 11 is 0. The van der Waals surface area contributed by atoms with Crippen molar-refractivity contribution in [2.24, 2.45) is 0 Å². The summed E-state index contributed by atoms with van der Waals surface area (Å²) in [5, 5.41) is 3.02. The fourth-order valence-electron chi connectivity index (χ4n) is 8.56. The summed E-state index contributed by atoms with van der Waals surface area (Å²) in [6.45, 7) is 6.78. The minimum Gasteiger partial charge on any atom is -0.756 e. The third kappa shape index (κ3) is 54.2. The number of hydrogen-bond donors (Lipinski definition) is 1. The van der Waals surface area contributed by atoms with Gasteiger partial charge in [0.1, 0.15) is 19.3 Å². The number of nitrogens with one attached hydrogen (secondary N) is 1. The van der Waals surface area contributed by atoms with Crippen LogP contribution in [0.3, 0.4) is 0 Å². The van der Waals surface area contributed by atoms with Crippen LogP contribution in [0.5, 0.6) is 0 Å². The van der Waals surface area contributed by atoms with Gasteiger partial charge in [0.25, 0.3) is 7.82 Å². The van der Waals surface area contributed by atoms with Gasteiger partial charge in [-0.05, 0) is 102 Å². The Morgan fingerprint density at radius 2 is 0.824 bits per heavy atom. The molecule has 1 amide bonds. The predicted octanol–water partition coefficient (Wildman–Crippen LogP) is 18.2. The average molecular weight is 1060 g/mol. The largest absolute Gasteiger partial charge is 0.756 e. The molecule has 0 spiro atoms. The van der Waals surface area contributed by atoms with Crippen molar-refractivity contribution >= 4 is 19.7 Å². The molecule has 3 unspecified atom stereocenters. The Labute approximate surface area is 457 Å². The second-order valence-corrected chi connectivity index (χ2v) is 23.3. The van der Waals surface area contributed by atoms with Crippen LogP contribution in [0.1, 0.15) is 271 Å². The summed E-state index contributed by atoms with van der Waals surface area (Å²) in [5.41, 5.74) is 0. The maximum absolute atomic E-state index is 13.5. The Morgan fingerprint density at radius 3 is 1.26 bits per heavy atom. The topological polar surface area (TPSA) is 114 Å². The molecule has 0 bridgehead atoms. The van der Waals surface area contributed by atoms with Gasteiger partial charge in [-0.2, -0.15) is 0 Å². The molecule has 0 rings (SSSR count). The highest BCUT2D eigenvalue weighted by Gasteiger charge is 2.27. The average Bonchev–Trinajstić information content (AvgIpc) is 3.36. The molecule has 0 aliphatic carbocycles. The van der Waals surface area contributed by atoms with Gasteiger partial charge >= 0.3 is 5.97 Å². The minimum atomic E-state index is -4.70. The van der Waals surface area contributed by atoms with E-state index < -0.39 is 26.6 Å². The van der Waals surface area contributed by atoms with Gasteiger partial charge in [0.2, 0.25) is 5.91 Å². The first-order valence-corrected chi connectivity index (χ1v) is 32.2. The molecule has 0 saturated heterocycles. The zero-order valence-corrected chi connectivity index (χ0v) is 49.9. The molecule has 0 fully saturated rings. The second kappa shape index (κ2) is 53.8. The summed E-state index contributed by atoms with van der Waals surface area (Å²) < 4.78 is 30.3. The van der Waals surface area contributed by atoms with E-state index in [1.165, 1.54) is 135 Å². The number of likely N-dealkylation sites (N-methyl/N-ethyl adjacent to an activating group) is 1. The number of rotatable bonds is 55. The quantitative estimate of drug-likeness (QED) is 0.0212. The van der Waals surface area contributed by atoms with Crippen LogP contribution >= 0.6 is 7.82 Å². The van der Waals surface area contributed by atoms with Crippen molar-refractivity contribution in [3.63, 3.8) is 0 Å². The number of nitrogens with zero attached hydrogens (tertiary/aromatic N) is 1. The number of carbonyl (C=O) groups is 2. The predicted molar refractivity (Wildman–Crippen MR) is 316 cm³/mol. The van der Waals surface area contributed by atoms with E-state index in [9.17, 15) is 19.0 Å². The highest BCUT2D eigenvalue weighted by Crippen LogP contribution is 2.38. The van der Waals surface area contributed by atoms with Gasteiger partial charge in [-0.3, -0.25) is 14.2 Å². The molecule has 1 N–H and O–H groups in total. The lowest BCUT2D eigenvalue weighted by molar-refractivity contribution is -0.870. The molecule has 0 aromatic carbocycles. The van der Waals surface area contributed by atoms with Gasteiger partial charge in [0.15, 0.2) is 0 Å². The Kier molecular flexibility index (Phi) is 52.0. The van der Waals surface area contributed by atoms with Crippen LogP contribution in [0, 0.1) is 0 Å². The van der Waals surface area contributed by atoms with E-state index >= 15 is 0 Å². The van der Waals surface area contributed by atoms with E-state index in [4.69, 9.17) is 13.8 Å². The van der Waals surface area contributed by atoms with Crippen LogP contribution in [-0.2, 0) is 27.9 Å². The molecule has 0 aliphatic heterocycles. The molecule has 0 aliphatic rings. The van der Waals surface area contributed by atoms with E-state index in [2.05, 4.69) is 86.8 Å². The molecule has 9 nitrogen and oxygen atoms in total. The van der Waals surface area contributed by atoms with Gasteiger partial charge < -0.3 is 28.5 Å². The van der Waals surface area contributed by atoms with Gasteiger partial charge in [0.05, 0.1) is 33.8 Å². The number of hydrogen-bond acceptors (Lipinski definition) is 7. The molecular weight excluding hydrogens is 940 g/mol. The van der Waals surface area contributed by atoms with Crippen molar-refractivity contribution in [3.8, 4) is 0 Å². The first-order chi connectivity index (χ1) is 35.9. The summed E-state index contributed by atoms with van der Waals surface area (Å²) in [4.78, 5) is 40.0. The second-order valence-electron chi connectivity index (χ2n) is 21.8. The third-order valence-electron chi connectivity index (χ3n) is 13.4. The van der Waals surface area contributed by atoms with Gasteiger partial charge in [-0.1, -0.05) is 229 Å². The molecule has 10 heteroatoms. The summed E-state index contributed by atoms with van der Waals surface area (Å²) in [6, 6.07) is -0.900. The van der Waals surface area contributed by atoms with Crippen molar-refractivity contribution in [1.82, 2.24) is 5.32 Å². The van der Waals surface area contributed by atoms with Gasteiger partial charge in [-0.25, -0.2) is 0 Å². The zero-order valence-electron chi connectivity index (χ0n) is 49.0. The van der Waals surface area contributed by atoms with Crippen molar-refractivity contribution < 1.29 is 37.3 Å². The van der Waals surface area contributed by atoms with Crippen LogP contribution in [0.15, 0.2) is 72.9 Å². The molecule has 0 saturated carbocycles. The van der Waals surface area contributed by atoms with Crippen molar-refractivity contribution in [2.45, 2.75) is 283 Å². The monoisotopic (exact) mass is 1060 g/mol. The number of phosphoric ester groups is 1. The van der Waals surface area contributed by atoms with Crippen LogP contribution in [0.2, 0.25) is 0 Å². The van der Waals surface area contributed by atoms with Crippen LogP contribution < -0.4 is 10.2 Å². The lowest BCUT2D eigenvalue weighted by atomic mass is 10.0. The molecule has 74 heavy (non-hydrogen) atoms.